The lowest BCUT2D eigenvalue weighted by atomic mass is 10.1. The molecule has 2 aromatic carbocycles. The van der Waals surface area contributed by atoms with Gasteiger partial charge in [-0.25, -0.2) is 0 Å². The largest absolute Gasteiger partial charge is 0.354 e. The molecule has 0 spiro atoms. The zero-order valence-electron chi connectivity index (χ0n) is 14.9. The molecule has 26 heavy (non-hydrogen) atoms. The van der Waals surface area contributed by atoms with Crippen LogP contribution in [0.3, 0.4) is 0 Å². The fourth-order valence-corrected chi connectivity index (χ4v) is 3.41. The molecule has 1 aliphatic rings. The van der Waals surface area contributed by atoms with Crippen LogP contribution in [0.25, 0.3) is 0 Å². The molecular formula is C21H23ClN2O2. The fraction of sp³-hybridized carbons (Fsp3) is 0.333. The second-order valence-electron chi connectivity index (χ2n) is 6.69. The Balaban J connectivity index is 1.57. The maximum atomic E-state index is 12.6. The van der Waals surface area contributed by atoms with Crippen LogP contribution in [0.2, 0.25) is 5.02 Å². The smallest absolute Gasteiger partial charge is 0.242 e. The van der Waals surface area contributed by atoms with E-state index in [4.69, 9.17) is 11.6 Å². The van der Waals surface area contributed by atoms with Gasteiger partial charge in [0.15, 0.2) is 0 Å². The Morgan fingerprint density at radius 3 is 2.65 bits per heavy atom. The third-order valence-electron chi connectivity index (χ3n) is 4.76. The predicted molar refractivity (Wildman–Crippen MR) is 103 cm³/mol. The van der Waals surface area contributed by atoms with Gasteiger partial charge in [-0.2, -0.15) is 0 Å². The normalized spacial score (nSPS) is 16.8. The van der Waals surface area contributed by atoms with E-state index < -0.39 is 6.04 Å². The van der Waals surface area contributed by atoms with E-state index in [0.29, 0.717) is 31.0 Å². The number of carbonyl (C=O) groups is 2. The number of benzene rings is 2. The van der Waals surface area contributed by atoms with Gasteiger partial charge in [-0.1, -0.05) is 59.6 Å². The first-order chi connectivity index (χ1) is 12.5. The third kappa shape index (κ3) is 4.44. The summed E-state index contributed by atoms with van der Waals surface area (Å²) in [6.07, 6.45) is 1.73. The number of aryl methyl sites for hydroxylation is 1. The van der Waals surface area contributed by atoms with E-state index in [9.17, 15) is 9.59 Å². The van der Waals surface area contributed by atoms with Gasteiger partial charge in [0.1, 0.15) is 6.04 Å². The number of halogens is 1. The van der Waals surface area contributed by atoms with Crippen molar-refractivity contribution >= 4 is 23.4 Å². The van der Waals surface area contributed by atoms with Crippen molar-refractivity contribution < 1.29 is 9.59 Å². The minimum absolute atomic E-state index is 0.00334. The van der Waals surface area contributed by atoms with Gasteiger partial charge in [0.25, 0.3) is 0 Å². The molecule has 0 radical (unpaired) electrons. The molecule has 2 aromatic rings. The summed E-state index contributed by atoms with van der Waals surface area (Å²) in [5.74, 6) is -0.0846. The van der Waals surface area contributed by atoms with Crippen LogP contribution in [0.4, 0.5) is 0 Å². The molecule has 1 unspecified atom stereocenters. The highest BCUT2D eigenvalue weighted by atomic mass is 35.5. The maximum absolute atomic E-state index is 12.6. The zero-order valence-corrected chi connectivity index (χ0v) is 15.6. The summed E-state index contributed by atoms with van der Waals surface area (Å²) in [5, 5.41) is 3.59. The first-order valence-electron chi connectivity index (χ1n) is 8.91. The first-order valence-corrected chi connectivity index (χ1v) is 9.28. The number of likely N-dealkylation sites (tertiary alicyclic amines) is 1. The molecule has 0 bridgehead atoms. The number of nitrogens with zero attached hydrogens (tertiary/aromatic N) is 1. The van der Waals surface area contributed by atoms with E-state index in [1.54, 1.807) is 11.0 Å². The number of rotatable bonds is 6. The van der Waals surface area contributed by atoms with Crippen LogP contribution in [0, 0.1) is 6.92 Å². The highest BCUT2D eigenvalue weighted by molar-refractivity contribution is 6.31. The number of hydrogen-bond acceptors (Lipinski definition) is 2. The van der Waals surface area contributed by atoms with Crippen LogP contribution in [-0.4, -0.2) is 29.3 Å². The average Bonchev–Trinajstić information content (AvgIpc) is 2.99. The Morgan fingerprint density at radius 2 is 1.92 bits per heavy atom. The number of carbonyl (C=O) groups excluding carboxylic acids is 2. The standard InChI is InChI=1S/C21H23ClN2O2/c1-15-6-8-16(9-7-15)12-13-23-21(26)19-10-11-20(25)24(19)14-17-4-2-3-5-18(17)22/h2-9,19H,10-14H2,1H3,(H,23,26). The fourth-order valence-electron chi connectivity index (χ4n) is 3.22. The Labute approximate surface area is 159 Å². The lowest BCUT2D eigenvalue weighted by Crippen LogP contribution is -2.44. The molecule has 5 heteroatoms. The predicted octanol–water partition coefficient (Wildman–Crippen LogP) is 3.50. The molecule has 4 nitrogen and oxygen atoms in total. The van der Waals surface area contributed by atoms with Gasteiger partial charge in [0.2, 0.25) is 11.8 Å². The Bertz CT molecular complexity index is 789. The van der Waals surface area contributed by atoms with Crippen molar-refractivity contribution in [2.24, 2.45) is 0 Å². The molecule has 1 N–H and O–H groups in total. The highest BCUT2D eigenvalue weighted by Gasteiger charge is 2.35. The van der Waals surface area contributed by atoms with Crippen molar-refractivity contribution in [3.05, 3.63) is 70.2 Å². The molecule has 0 aromatic heterocycles. The molecule has 1 aliphatic heterocycles. The minimum Gasteiger partial charge on any atom is -0.354 e. The highest BCUT2D eigenvalue weighted by Crippen LogP contribution is 2.24. The van der Waals surface area contributed by atoms with Gasteiger partial charge in [0, 0.05) is 24.5 Å². The van der Waals surface area contributed by atoms with E-state index in [2.05, 4.69) is 36.5 Å². The van der Waals surface area contributed by atoms with Gasteiger partial charge in [-0.15, -0.1) is 0 Å². The van der Waals surface area contributed by atoms with Crippen LogP contribution >= 0.6 is 11.6 Å². The van der Waals surface area contributed by atoms with E-state index >= 15 is 0 Å². The Hall–Kier alpha value is -2.33. The summed E-state index contributed by atoms with van der Waals surface area (Å²) in [6.45, 7) is 2.98. The lowest BCUT2D eigenvalue weighted by molar-refractivity contribution is -0.135. The summed E-state index contributed by atoms with van der Waals surface area (Å²) in [6, 6.07) is 15.3. The van der Waals surface area contributed by atoms with Gasteiger partial charge in [-0.05, 0) is 37.0 Å². The van der Waals surface area contributed by atoms with E-state index in [0.717, 1.165) is 12.0 Å². The molecule has 2 amide bonds. The summed E-state index contributed by atoms with van der Waals surface area (Å²) in [7, 11) is 0. The van der Waals surface area contributed by atoms with Crippen LogP contribution in [0.1, 0.15) is 29.5 Å². The minimum atomic E-state index is -0.420. The topological polar surface area (TPSA) is 49.4 Å². The second-order valence-corrected chi connectivity index (χ2v) is 7.10. The van der Waals surface area contributed by atoms with Gasteiger partial charge in [0.05, 0.1) is 0 Å². The van der Waals surface area contributed by atoms with Gasteiger partial charge >= 0.3 is 0 Å². The summed E-state index contributed by atoms with van der Waals surface area (Å²) in [5.41, 5.74) is 3.27. The van der Waals surface area contributed by atoms with Crippen LogP contribution in [0.15, 0.2) is 48.5 Å². The van der Waals surface area contributed by atoms with Crippen molar-refractivity contribution in [2.45, 2.75) is 38.8 Å². The molecule has 1 fully saturated rings. The summed E-state index contributed by atoms with van der Waals surface area (Å²) < 4.78 is 0. The molecule has 0 aliphatic carbocycles. The summed E-state index contributed by atoms with van der Waals surface area (Å²) >= 11 is 6.20. The second kappa shape index (κ2) is 8.37. The van der Waals surface area contributed by atoms with Gasteiger partial charge in [-0.3, -0.25) is 9.59 Å². The van der Waals surface area contributed by atoms with Crippen molar-refractivity contribution in [1.29, 1.82) is 0 Å². The molecule has 1 saturated heterocycles. The molecule has 136 valence electrons. The Kier molecular flexibility index (Phi) is 5.94. The third-order valence-corrected chi connectivity index (χ3v) is 5.13. The van der Waals surface area contributed by atoms with Crippen molar-refractivity contribution in [2.75, 3.05) is 6.54 Å². The van der Waals surface area contributed by atoms with E-state index in [1.165, 1.54) is 11.1 Å². The van der Waals surface area contributed by atoms with E-state index in [-0.39, 0.29) is 11.8 Å². The molecule has 1 heterocycles. The van der Waals surface area contributed by atoms with Crippen molar-refractivity contribution in [3.63, 3.8) is 0 Å². The van der Waals surface area contributed by atoms with Gasteiger partial charge < -0.3 is 10.2 Å². The monoisotopic (exact) mass is 370 g/mol. The summed E-state index contributed by atoms with van der Waals surface area (Å²) in [4.78, 5) is 26.5. The number of nitrogens with one attached hydrogen (secondary N) is 1. The van der Waals surface area contributed by atoms with Crippen molar-refractivity contribution in [1.82, 2.24) is 10.2 Å². The Morgan fingerprint density at radius 1 is 1.19 bits per heavy atom. The molecule has 1 atom stereocenters. The van der Waals surface area contributed by atoms with Crippen molar-refractivity contribution in [3.8, 4) is 0 Å². The lowest BCUT2D eigenvalue weighted by Gasteiger charge is -2.24. The number of amides is 2. The maximum Gasteiger partial charge on any atom is 0.242 e. The van der Waals surface area contributed by atoms with Crippen LogP contribution in [0.5, 0.6) is 0 Å². The van der Waals surface area contributed by atoms with Crippen LogP contribution in [-0.2, 0) is 22.6 Å². The SMILES string of the molecule is Cc1ccc(CCNC(=O)C2CCC(=O)N2Cc2ccccc2Cl)cc1. The average molecular weight is 371 g/mol. The molecule has 0 saturated carbocycles. The van der Waals surface area contributed by atoms with Crippen LogP contribution < -0.4 is 5.32 Å². The first kappa shape index (κ1) is 18.5. The number of hydrogen-bond donors (Lipinski definition) is 1. The zero-order chi connectivity index (χ0) is 18.5. The molecular weight excluding hydrogens is 348 g/mol. The quantitative estimate of drug-likeness (QED) is 0.846. The molecule has 3 rings (SSSR count). The van der Waals surface area contributed by atoms with E-state index in [1.807, 2.05) is 18.2 Å².